The second-order valence-corrected chi connectivity index (χ2v) is 7.48. The Labute approximate surface area is 167 Å². The highest BCUT2D eigenvalue weighted by molar-refractivity contribution is 14.1. The lowest BCUT2D eigenvalue weighted by Crippen LogP contribution is -2.25. The number of benzene rings is 2. The second kappa shape index (κ2) is 8.54. The predicted octanol–water partition coefficient (Wildman–Crippen LogP) is 5.52. The Morgan fingerprint density at radius 3 is 2.54 bits per heavy atom. The summed E-state index contributed by atoms with van der Waals surface area (Å²) in [7, 11) is 0. The van der Waals surface area contributed by atoms with E-state index >= 15 is 0 Å². The number of hydroxylamine groups is 1. The molecule has 1 amide bonds. The van der Waals surface area contributed by atoms with E-state index in [-0.39, 0.29) is 22.3 Å². The summed E-state index contributed by atoms with van der Waals surface area (Å²) in [4.78, 5) is 17.0. The van der Waals surface area contributed by atoms with Crippen molar-refractivity contribution < 1.29 is 18.4 Å². The molecule has 0 atom stereocenters. The van der Waals surface area contributed by atoms with Crippen LogP contribution in [0.25, 0.3) is 0 Å². The summed E-state index contributed by atoms with van der Waals surface area (Å²) in [6.45, 7) is 1.92. The lowest BCUT2D eigenvalue weighted by molar-refractivity contribution is 0.0365. The molecular weight excluding hydrogens is 565 g/mol. The van der Waals surface area contributed by atoms with Gasteiger partial charge in [-0.1, -0.05) is 0 Å². The fourth-order valence-corrected chi connectivity index (χ4v) is 3.61. The molecule has 2 aromatic rings. The molecule has 2 N–H and O–H groups in total. The molecule has 0 saturated heterocycles. The minimum atomic E-state index is -1.17. The molecule has 0 bridgehead atoms. The van der Waals surface area contributed by atoms with Crippen LogP contribution >= 0.6 is 54.5 Å². The van der Waals surface area contributed by atoms with Crippen LogP contribution in [-0.4, -0.2) is 12.5 Å². The van der Waals surface area contributed by atoms with E-state index in [0.29, 0.717) is 10.2 Å². The van der Waals surface area contributed by atoms with Crippen LogP contribution in [0.15, 0.2) is 33.2 Å². The lowest BCUT2D eigenvalue weighted by atomic mass is 10.1. The van der Waals surface area contributed by atoms with Crippen molar-refractivity contribution in [2.75, 3.05) is 11.9 Å². The molecule has 0 saturated carbocycles. The molecule has 0 aliphatic rings. The number of nitrogens with one attached hydrogen (secondary N) is 2. The third-order valence-corrected chi connectivity index (χ3v) is 4.81. The SMILES string of the molecule is CCONC(=O)c1cc(Br)c(F)c(F)c1Nc1ccc(I)cc1Br. The second-order valence-electron chi connectivity index (χ2n) is 4.52. The standard InChI is InChI=1S/C15H11Br2F2IN2O2/c1-2-24-22-15(23)8-6-10(17)12(18)13(19)14(8)21-11-4-3-7(20)5-9(11)16/h3-6,21H,2H2,1H3,(H,22,23). The molecule has 0 aromatic heterocycles. The predicted molar refractivity (Wildman–Crippen MR) is 103 cm³/mol. The minimum absolute atomic E-state index is 0.0975. The Bertz CT molecular complexity index is 791. The average Bonchev–Trinajstić information content (AvgIpc) is 2.54. The molecule has 9 heteroatoms. The fraction of sp³-hybridized carbons (Fsp3) is 0.133. The van der Waals surface area contributed by atoms with Gasteiger partial charge in [-0.15, -0.1) is 0 Å². The molecule has 24 heavy (non-hydrogen) atoms. The van der Waals surface area contributed by atoms with Crippen molar-refractivity contribution in [3.63, 3.8) is 0 Å². The van der Waals surface area contributed by atoms with Gasteiger partial charge in [-0.05, 0) is 85.6 Å². The van der Waals surface area contributed by atoms with E-state index in [0.717, 1.165) is 3.57 Å². The molecular formula is C15H11Br2F2IN2O2. The van der Waals surface area contributed by atoms with E-state index in [1.165, 1.54) is 6.07 Å². The zero-order chi connectivity index (χ0) is 17.9. The molecule has 0 fully saturated rings. The van der Waals surface area contributed by atoms with Crippen LogP contribution in [0.4, 0.5) is 20.2 Å². The van der Waals surface area contributed by atoms with Crippen molar-refractivity contribution >= 4 is 71.7 Å². The van der Waals surface area contributed by atoms with Crippen LogP contribution in [0.1, 0.15) is 17.3 Å². The Morgan fingerprint density at radius 1 is 1.21 bits per heavy atom. The maximum Gasteiger partial charge on any atom is 0.277 e. The normalized spacial score (nSPS) is 10.6. The molecule has 2 rings (SSSR count). The first-order chi connectivity index (χ1) is 11.3. The van der Waals surface area contributed by atoms with E-state index in [4.69, 9.17) is 4.84 Å². The lowest BCUT2D eigenvalue weighted by Gasteiger charge is -2.15. The number of anilines is 2. The zero-order valence-electron chi connectivity index (χ0n) is 12.2. The first-order valence-corrected chi connectivity index (χ1v) is 9.33. The molecule has 0 unspecified atom stereocenters. The highest BCUT2D eigenvalue weighted by Crippen LogP contribution is 2.34. The Balaban J connectivity index is 2.50. The van der Waals surface area contributed by atoms with Gasteiger partial charge in [0.25, 0.3) is 5.91 Å². The van der Waals surface area contributed by atoms with Gasteiger partial charge in [-0.25, -0.2) is 14.3 Å². The Hall–Kier alpha value is -0.780. The zero-order valence-corrected chi connectivity index (χ0v) is 17.6. The minimum Gasteiger partial charge on any atom is -0.351 e. The molecule has 0 radical (unpaired) electrons. The smallest absolute Gasteiger partial charge is 0.277 e. The maximum absolute atomic E-state index is 14.4. The first kappa shape index (κ1) is 19.5. The van der Waals surface area contributed by atoms with Crippen molar-refractivity contribution in [1.82, 2.24) is 5.48 Å². The van der Waals surface area contributed by atoms with E-state index in [1.54, 1.807) is 25.1 Å². The summed E-state index contributed by atoms with van der Waals surface area (Å²) in [5.74, 6) is -2.95. The summed E-state index contributed by atoms with van der Waals surface area (Å²) in [5.41, 5.74) is 2.28. The number of hydrogen-bond donors (Lipinski definition) is 2. The monoisotopic (exact) mass is 574 g/mol. The number of carbonyl (C=O) groups excluding carboxylic acids is 1. The van der Waals surface area contributed by atoms with E-state index < -0.39 is 17.5 Å². The number of rotatable bonds is 5. The van der Waals surface area contributed by atoms with Gasteiger partial charge in [0.1, 0.15) is 0 Å². The first-order valence-electron chi connectivity index (χ1n) is 6.66. The third-order valence-electron chi connectivity index (χ3n) is 2.91. The summed E-state index contributed by atoms with van der Waals surface area (Å²) < 4.78 is 29.8. The van der Waals surface area contributed by atoms with Crippen molar-refractivity contribution in [3.05, 3.63) is 54.0 Å². The molecule has 0 spiro atoms. The van der Waals surface area contributed by atoms with Crippen molar-refractivity contribution in [2.24, 2.45) is 0 Å². The van der Waals surface area contributed by atoms with Gasteiger partial charge in [-0.2, -0.15) is 0 Å². The number of hydrogen-bond acceptors (Lipinski definition) is 3. The summed E-state index contributed by atoms with van der Waals surface area (Å²) >= 11 is 8.37. The van der Waals surface area contributed by atoms with Crippen LogP contribution in [0, 0.1) is 15.2 Å². The number of carbonyl (C=O) groups is 1. The quantitative estimate of drug-likeness (QED) is 0.281. The third kappa shape index (κ3) is 4.44. The highest BCUT2D eigenvalue weighted by Gasteiger charge is 2.22. The summed E-state index contributed by atoms with van der Waals surface area (Å²) in [6, 6.07) is 6.47. The molecule has 0 heterocycles. The van der Waals surface area contributed by atoms with Crippen LogP contribution < -0.4 is 10.8 Å². The molecule has 128 valence electrons. The number of halogens is 5. The Morgan fingerprint density at radius 2 is 1.92 bits per heavy atom. The molecule has 0 aliphatic carbocycles. The van der Waals surface area contributed by atoms with Gasteiger partial charge >= 0.3 is 0 Å². The Kier molecular flexibility index (Phi) is 6.96. The van der Waals surface area contributed by atoms with Crippen molar-refractivity contribution in [3.8, 4) is 0 Å². The van der Waals surface area contributed by atoms with Crippen LogP contribution in [0.2, 0.25) is 0 Å². The van der Waals surface area contributed by atoms with E-state index in [2.05, 4.69) is 65.2 Å². The number of amides is 1. The van der Waals surface area contributed by atoms with E-state index in [9.17, 15) is 13.6 Å². The van der Waals surface area contributed by atoms with Gasteiger partial charge in [0.05, 0.1) is 28.0 Å². The van der Waals surface area contributed by atoms with Gasteiger partial charge in [0, 0.05) is 8.04 Å². The van der Waals surface area contributed by atoms with Crippen LogP contribution in [0.3, 0.4) is 0 Å². The molecule has 2 aromatic carbocycles. The molecule has 4 nitrogen and oxygen atoms in total. The molecule has 0 aliphatic heterocycles. The maximum atomic E-state index is 14.4. The average molecular weight is 576 g/mol. The van der Waals surface area contributed by atoms with Gasteiger partial charge in [-0.3, -0.25) is 9.63 Å². The van der Waals surface area contributed by atoms with Crippen LogP contribution in [-0.2, 0) is 4.84 Å². The van der Waals surface area contributed by atoms with Gasteiger partial charge in [0.15, 0.2) is 11.6 Å². The fourth-order valence-electron chi connectivity index (χ4n) is 1.81. The van der Waals surface area contributed by atoms with Gasteiger partial charge < -0.3 is 5.32 Å². The summed E-state index contributed by atoms with van der Waals surface area (Å²) in [6.07, 6.45) is 0. The van der Waals surface area contributed by atoms with Crippen molar-refractivity contribution in [2.45, 2.75) is 6.92 Å². The largest absolute Gasteiger partial charge is 0.351 e. The van der Waals surface area contributed by atoms with Crippen molar-refractivity contribution in [1.29, 1.82) is 0 Å². The highest BCUT2D eigenvalue weighted by atomic mass is 127. The summed E-state index contributed by atoms with van der Waals surface area (Å²) in [5, 5.41) is 2.76. The van der Waals surface area contributed by atoms with Crippen LogP contribution in [0.5, 0.6) is 0 Å². The topological polar surface area (TPSA) is 50.4 Å². The van der Waals surface area contributed by atoms with Gasteiger partial charge in [0.2, 0.25) is 0 Å². The van der Waals surface area contributed by atoms with E-state index in [1.807, 2.05) is 0 Å².